The molecule has 0 saturated carbocycles. The predicted molar refractivity (Wildman–Crippen MR) is 142 cm³/mol. The number of allylic oxidation sites excluding steroid dienone is 1. The highest BCUT2D eigenvalue weighted by molar-refractivity contribution is 6.30. The maximum absolute atomic E-state index is 13.5. The molecule has 3 aromatic carbocycles. The molecule has 36 heavy (non-hydrogen) atoms. The lowest BCUT2D eigenvalue weighted by Gasteiger charge is -2.30. The summed E-state index contributed by atoms with van der Waals surface area (Å²) in [7, 11) is 0. The lowest BCUT2D eigenvalue weighted by Crippen LogP contribution is -2.32. The molecule has 0 aliphatic carbocycles. The van der Waals surface area contributed by atoms with Gasteiger partial charge in [0.05, 0.1) is 11.8 Å². The Hall–Kier alpha value is -4.36. The molecular formula is C28H24ClN5O2. The van der Waals surface area contributed by atoms with Crippen LogP contribution in [0.25, 0.3) is 0 Å². The summed E-state index contributed by atoms with van der Waals surface area (Å²) in [4.78, 5) is 26.7. The van der Waals surface area contributed by atoms with Gasteiger partial charge in [-0.3, -0.25) is 9.59 Å². The van der Waals surface area contributed by atoms with E-state index >= 15 is 0 Å². The first-order valence-electron chi connectivity index (χ1n) is 11.5. The molecule has 0 saturated heterocycles. The van der Waals surface area contributed by atoms with Crippen LogP contribution in [0.2, 0.25) is 5.02 Å². The molecule has 180 valence electrons. The molecule has 1 aliphatic rings. The van der Waals surface area contributed by atoms with E-state index in [1.54, 1.807) is 28.9 Å². The van der Waals surface area contributed by atoms with Gasteiger partial charge in [-0.05, 0) is 55.8 Å². The molecule has 0 spiro atoms. The van der Waals surface area contributed by atoms with Crippen LogP contribution in [0.15, 0.2) is 96.3 Å². The normalized spacial score (nSPS) is 14.6. The molecule has 5 rings (SSSR count). The number of hydrogen-bond donors (Lipinski definition) is 3. The number of fused-ring (bicyclic) bond motifs is 1. The molecule has 0 radical (unpaired) electrons. The van der Waals surface area contributed by atoms with Crippen LogP contribution in [0.3, 0.4) is 0 Å². The SMILES string of the molecule is CC1=C(C(=O)Nc2ccc(Cl)cc2)C(c2ccccc2)n2ncc(C(=O)Nc3ccc(C)cc3)c2N1. The van der Waals surface area contributed by atoms with Gasteiger partial charge in [-0.25, -0.2) is 4.68 Å². The highest BCUT2D eigenvalue weighted by Crippen LogP contribution is 2.38. The first-order chi connectivity index (χ1) is 17.4. The van der Waals surface area contributed by atoms with Gasteiger partial charge in [-0.1, -0.05) is 59.6 Å². The van der Waals surface area contributed by atoms with Gasteiger partial charge in [0.15, 0.2) is 0 Å². The number of nitrogens with zero attached hydrogens (tertiary/aromatic N) is 2. The highest BCUT2D eigenvalue weighted by Gasteiger charge is 2.35. The van der Waals surface area contributed by atoms with Crippen molar-refractivity contribution in [1.82, 2.24) is 9.78 Å². The molecule has 1 aromatic heterocycles. The quantitative estimate of drug-likeness (QED) is 0.314. The standard InChI is InChI=1S/C28H24ClN5O2/c1-17-8-12-21(13-9-17)32-27(35)23-16-30-34-25(19-6-4-3-5-7-19)24(18(2)31-26(23)34)28(36)33-22-14-10-20(29)11-15-22/h3-16,25,31H,1-2H3,(H,32,35)(H,33,36). The fraction of sp³-hybridized carbons (Fsp3) is 0.107. The minimum absolute atomic E-state index is 0.275. The number of amides is 2. The Kier molecular flexibility index (Phi) is 6.31. The lowest BCUT2D eigenvalue weighted by atomic mass is 9.94. The molecule has 7 nitrogen and oxygen atoms in total. The molecule has 3 N–H and O–H groups in total. The summed E-state index contributed by atoms with van der Waals surface area (Å²) in [6.45, 7) is 3.81. The van der Waals surface area contributed by atoms with E-state index in [1.165, 1.54) is 6.20 Å². The number of aromatic nitrogens is 2. The minimum Gasteiger partial charge on any atom is -0.343 e. The van der Waals surface area contributed by atoms with E-state index < -0.39 is 6.04 Å². The molecule has 0 fully saturated rings. The molecular weight excluding hydrogens is 474 g/mol. The fourth-order valence-electron chi connectivity index (χ4n) is 4.23. The Labute approximate surface area is 213 Å². The number of hydrogen-bond acceptors (Lipinski definition) is 4. The van der Waals surface area contributed by atoms with Crippen LogP contribution in [-0.2, 0) is 4.79 Å². The molecule has 2 amide bonds. The largest absolute Gasteiger partial charge is 0.343 e. The van der Waals surface area contributed by atoms with Crippen molar-refractivity contribution in [2.75, 3.05) is 16.0 Å². The topological polar surface area (TPSA) is 88.0 Å². The average molecular weight is 498 g/mol. The highest BCUT2D eigenvalue weighted by atomic mass is 35.5. The van der Waals surface area contributed by atoms with Crippen molar-refractivity contribution in [2.24, 2.45) is 0 Å². The molecule has 4 aromatic rings. The lowest BCUT2D eigenvalue weighted by molar-refractivity contribution is -0.113. The van der Waals surface area contributed by atoms with Crippen molar-refractivity contribution >= 4 is 40.6 Å². The summed E-state index contributed by atoms with van der Waals surface area (Å²) in [5, 5.41) is 14.2. The second kappa shape index (κ2) is 9.71. The van der Waals surface area contributed by atoms with Crippen molar-refractivity contribution in [1.29, 1.82) is 0 Å². The van der Waals surface area contributed by atoms with Gasteiger partial charge in [0.2, 0.25) is 0 Å². The van der Waals surface area contributed by atoms with Gasteiger partial charge in [-0.15, -0.1) is 0 Å². The van der Waals surface area contributed by atoms with Crippen molar-refractivity contribution in [3.05, 3.63) is 118 Å². The van der Waals surface area contributed by atoms with Gasteiger partial charge < -0.3 is 16.0 Å². The Balaban J connectivity index is 1.51. The van der Waals surface area contributed by atoms with E-state index in [2.05, 4.69) is 21.0 Å². The van der Waals surface area contributed by atoms with Crippen LogP contribution in [-0.4, -0.2) is 21.6 Å². The molecule has 0 bridgehead atoms. The van der Waals surface area contributed by atoms with Crippen LogP contribution >= 0.6 is 11.6 Å². The van der Waals surface area contributed by atoms with Gasteiger partial charge in [0.25, 0.3) is 11.8 Å². The Bertz CT molecular complexity index is 1460. The van der Waals surface area contributed by atoms with Gasteiger partial charge in [-0.2, -0.15) is 5.10 Å². The van der Waals surface area contributed by atoms with Crippen molar-refractivity contribution < 1.29 is 9.59 Å². The van der Waals surface area contributed by atoms with Crippen LogP contribution in [0, 0.1) is 6.92 Å². The maximum Gasteiger partial charge on any atom is 0.261 e. The van der Waals surface area contributed by atoms with Crippen LogP contribution in [0.5, 0.6) is 0 Å². The summed E-state index contributed by atoms with van der Waals surface area (Å²) in [6.07, 6.45) is 1.52. The summed E-state index contributed by atoms with van der Waals surface area (Å²) in [5.41, 5.74) is 4.80. The summed E-state index contributed by atoms with van der Waals surface area (Å²) >= 11 is 5.99. The third-order valence-electron chi connectivity index (χ3n) is 6.04. The third-order valence-corrected chi connectivity index (χ3v) is 6.29. The number of carbonyl (C=O) groups excluding carboxylic acids is 2. The van der Waals surface area contributed by atoms with Crippen molar-refractivity contribution in [3.63, 3.8) is 0 Å². The average Bonchev–Trinajstić information content (AvgIpc) is 3.30. The number of carbonyl (C=O) groups is 2. The van der Waals surface area contributed by atoms with Crippen LogP contribution < -0.4 is 16.0 Å². The van der Waals surface area contributed by atoms with Crippen LogP contribution in [0.1, 0.15) is 34.5 Å². The maximum atomic E-state index is 13.5. The van der Waals surface area contributed by atoms with E-state index in [0.29, 0.717) is 39.0 Å². The van der Waals surface area contributed by atoms with E-state index in [1.807, 2.05) is 68.4 Å². The van der Waals surface area contributed by atoms with Gasteiger partial charge >= 0.3 is 0 Å². The minimum atomic E-state index is -0.532. The van der Waals surface area contributed by atoms with E-state index in [9.17, 15) is 9.59 Å². The smallest absolute Gasteiger partial charge is 0.261 e. The second-order valence-corrected chi connectivity index (χ2v) is 9.05. The number of nitrogens with one attached hydrogen (secondary N) is 3. The summed E-state index contributed by atoms with van der Waals surface area (Å²) in [5.74, 6) is -0.0433. The molecule has 1 unspecified atom stereocenters. The Morgan fingerprint density at radius 1 is 0.861 bits per heavy atom. The van der Waals surface area contributed by atoms with E-state index in [4.69, 9.17) is 11.6 Å². The zero-order valence-corrected chi connectivity index (χ0v) is 20.5. The van der Waals surface area contributed by atoms with Crippen LogP contribution in [0.4, 0.5) is 17.2 Å². The fourth-order valence-corrected chi connectivity index (χ4v) is 4.35. The first-order valence-corrected chi connectivity index (χ1v) is 11.8. The zero-order chi connectivity index (χ0) is 25.2. The number of anilines is 3. The number of aryl methyl sites for hydroxylation is 1. The molecule has 1 aliphatic heterocycles. The predicted octanol–water partition coefficient (Wildman–Crippen LogP) is 6.02. The third kappa shape index (κ3) is 4.61. The monoisotopic (exact) mass is 497 g/mol. The molecule has 8 heteroatoms. The van der Waals surface area contributed by atoms with Gasteiger partial charge in [0, 0.05) is 22.1 Å². The number of benzene rings is 3. The first kappa shape index (κ1) is 23.4. The Morgan fingerprint density at radius 3 is 2.14 bits per heavy atom. The number of rotatable bonds is 5. The summed E-state index contributed by atoms with van der Waals surface area (Å²) in [6, 6.07) is 23.6. The number of halogens is 1. The van der Waals surface area contributed by atoms with Crippen molar-refractivity contribution in [3.8, 4) is 0 Å². The zero-order valence-electron chi connectivity index (χ0n) is 19.7. The van der Waals surface area contributed by atoms with E-state index in [0.717, 1.165) is 11.1 Å². The molecule has 1 atom stereocenters. The van der Waals surface area contributed by atoms with Gasteiger partial charge in [0.1, 0.15) is 17.4 Å². The molecule has 2 heterocycles. The van der Waals surface area contributed by atoms with Crippen molar-refractivity contribution in [2.45, 2.75) is 19.9 Å². The second-order valence-electron chi connectivity index (χ2n) is 8.61. The summed E-state index contributed by atoms with van der Waals surface area (Å²) < 4.78 is 1.68. The Morgan fingerprint density at radius 2 is 1.47 bits per heavy atom. The van der Waals surface area contributed by atoms with E-state index in [-0.39, 0.29) is 11.8 Å².